The molecule has 1 unspecified atom stereocenters. The van der Waals surface area contributed by atoms with E-state index >= 15 is 0 Å². The molecule has 1 atom stereocenters. The van der Waals surface area contributed by atoms with Crippen molar-refractivity contribution in [3.8, 4) is 0 Å². The molecule has 1 aromatic heterocycles. The molecule has 2 aromatic carbocycles. The van der Waals surface area contributed by atoms with Crippen LogP contribution in [0.3, 0.4) is 0 Å². The lowest BCUT2D eigenvalue weighted by Crippen LogP contribution is -2.14. The number of carbonyl (C=O) groups excluding carboxylic acids is 1. The van der Waals surface area contributed by atoms with Crippen molar-refractivity contribution in [3.63, 3.8) is 0 Å². The van der Waals surface area contributed by atoms with Crippen molar-refractivity contribution >= 4 is 34.6 Å². The Labute approximate surface area is 188 Å². The number of carbonyl (C=O) groups is 1. The number of nitrogens with two attached hydrogens (primary N) is 1. The van der Waals surface area contributed by atoms with E-state index in [0.29, 0.717) is 11.3 Å². The summed E-state index contributed by atoms with van der Waals surface area (Å²) in [4.78, 5) is 12.8. The summed E-state index contributed by atoms with van der Waals surface area (Å²) in [5, 5.41) is 6.68. The van der Waals surface area contributed by atoms with Crippen LogP contribution in [0, 0.1) is 0 Å². The van der Waals surface area contributed by atoms with E-state index in [9.17, 15) is 4.79 Å². The van der Waals surface area contributed by atoms with Crippen LogP contribution in [0.25, 0.3) is 11.6 Å². The quantitative estimate of drug-likeness (QED) is 0.324. The first kappa shape index (κ1) is 20.4. The number of furan rings is 1. The Balaban J connectivity index is 1.62. The molecular formula is C27H29N3O2. The summed E-state index contributed by atoms with van der Waals surface area (Å²) in [5.74, 6) is 1.74. The number of nitrogen functional groups attached to an aromatic ring is 1. The first-order valence-corrected chi connectivity index (χ1v) is 11.5. The molecule has 4 N–H and O–H groups in total. The van der Waals surface area contributed by atoms with Gasteiger partial charge >= 0.3 is 0 Å². The van der Waals surface area contributed by atoms with Gasteiger partial charge in [0.25, 0.3) is 5.91 Å². The van der Waals surface area contributed by atoms with Crippen LogP contribution in [0.1, 0.15) is 66.9 Å². The summed E-state index contributed by atoms with van der Waals surface area (Å²) < 4.78 is 6.43. The zero-order chi connectivity index (χ0) is 22.1. The van der Waals surface area contributed by atoms with Crippen molar-refractivity contribution in [1.29, 1.82) is 0 Å². The predicted molar refractivity (Wildman–Crippen MR) is 130 cm³/mol. The van der Waals surface area contributed by atoms with Crippen molar-refractivity contribution in [2.24, 2.45) is 0 Å². The molecular weight excluding hydrogens is 398 g/mol. The Morgan fingerprint density at radius 2 is 1.97 bits per heavy atom. The fourth-order valence-corrected chi connectivity index (χ4v) is 4.89. The number of hydrogen-bond acceptors (Lipinski definition) is 4. The maximum absolute atomic E-state index is 12.8. The van der Waals surface area contributed by atoms with Gasteiger partial charge < -0.3 is 20.8 Å². The summed E-state index contributed by atoms with van der Waals surface area (Å²) in [7, 11) is 0. The number of aryl methyl sites for hydroxylation is 1. The fraction of sp³-hybridized carbons (Fsp3) is 0.296. The van der Waals surface area contributed by atoms with Gasteiger partial charge in [-0.1, -0.05) is 31.5 Å². The highest BCUT2D eigenvalue weighted by molar-refractivity contribution is 6.35. The highest BCUT2D eigenvalue weighted by atomic mass is 16.3. The lowest BCUT2D eigenvalue weighted by atomic mass is 9.89. The van der Waals surface area contributed by atoms with Gasteiger partial charge in [-0.25, -0.2) is 0 Å². The summed E-state index contributed by atoms with van der Waals surface area (Å²) in [5.41, 5.74) is 12.5. The van der Waals surface area contributed by atoms with Crippen molar-refractivity contribution in [2.75, 3.05) is 16.4 Å². The van der Waals surface area contributed by atoms with Gasteiger partial charge in [-0.05, 0) is 67.7 Å². The molecule has 0 saturated heterocycles. The first-order chi connectivity index (χ1) is 15.6. The molecule has 5 rings (SSSR count). The molecule has 1 aliphatic heterocycles. The van der Waals surface area contributed by atoms with Gasteiger partial charge in [0.05, 0.1) is 11.6 Å². The van der Waals surface area contributed by atoms with E-state index in [4.69, 9.17) is 10.2 Å². The van der Waals surface area contributed by atoms with Crippen LogP contribution in [-0.2, 0) is 17.6 Å². The number of nitrogens with one attached hydrogen (secondary N) is 2. The normalized spacial score (nSPS) is 17.0. The molecule has 0 radical (unpaired) electrons. The SMILES string of the molecule is CCCC(Nc1ccccc1)c1c(C=C2C(=O)Nc3ccc(N)cc32)oc2c1CCCC2. The molecule has 2 aliphatic rings. The second-order valence-corrected chi connectivity index (χ2v) is 8.66. The minimum absolute atomic E-state index is 0.115. The summed E-state index contributed by atoms with van der Waals surface area (Å²) in [6.07, 6.45) is 8.21. The molecule has 0 fully saturated rings. The average Bonchev–Trinajstić information content (AvgIpc) is 3.31. The van der Waals surface area contributed by atoms with Crippen molar-refractivity contribution in [2.45, 2.75) is 51.5 Å². The van der Waals surface area contributed by atoms with Crippen molar-refractivity contribution in [1.82, 2.24) is 0 Å². The number of para-hydroxylation sites is 1. The first-order valence-electron chi connectivity index (χ1n) is 11.5. The minimum atomic E-state index is -0.117. The maximum atomic E-state index is 12.8. The Morgan fingerprint density at radius 3 is 2.78 bits per heavy atom. The molecule has 1 aliphatic carbocycles. The van der Waals surface area contributed by atoms with Gasteiger partial charge in [0.2, 0.25) is 0 Å². The van der Waals surface area contributed by atoms with E-state index in [1.807, 2.05) is 36.4 Å². The zero-order valence-electron chi connectivity index (χ0n) is 18.4. The second-order valence-electron chi connectivity index (χ2n) is 8.66. The van der Waals surface area contributed by atoms with Crippen LogP contribution in [0.5, 0.6) is 0 Å². The molecule has 0 saturated carbocycles. The van der Waals surface area contributed by atoms with Crippen LogP contribution < -0.4 is 16.4 Å². The largest absolute Gasteiger partial charge is 0.461 e. The third-order valence-corrected chi connectivity index (χ3v) is 6.38. The van der Waals surface area contributed by atoms with Gasteiger partial charge in [-0.3, -0.25) is 4.79 Å². The van der Waals surface area contributed by atoms with Gasteiger partial charge in [0, 0.05) is 34.6 Å². The molecule has 32 heavy (non-hydrogen) atoms. The molecule has 2 heterocycles. The highest BCUT2D eigenvalue weighted by Crippen LogP contribution is 2.41. The van der Waals surface area contributed by atoms with E-state index in [-0.39, 0.29) is 11.9 Å². The highest BCUT2D eigenvalue weighted by Gasteiger charge is 2.30. The number of benzene rings is 2. The monoisotopic (exact) mass is 427 g/mol. The zero-order valence-corrected chi connectivity index (χ0v) is 18.4. The summed E-state index contributed by atoms with van der Waals surface area (Å²) in [6, 6.07) is 15.9. The van der Waals surface area contributed by atoms with Gasteiger partial charge in [0.15, 0.2) is 0 Å². The summed E-state index contributed by atoms with van der Waals surface area (Å²) >= 11 is 0. The topological polar surface area (TPSA) is 80.3 Å². The lowest BCUT2D eigenvalue weighted by molar-refractivity contribution is -0.110. The Morgan fingerprint density at radius 1 is 1.16 bits per heavy atom. The second kappa shape index (κ2) is 8.58. The minimum Gasteiger partial charge on any atom is -0.461 e. The van der Waals surface area contributed by atoms with Crippen molar-refractivity contribution < 1.29 is 9.21 Å². The molecule has 164 valence electrons. The van der Waals surface area contributed by atoms with Crippen LogP contribution >= 0.6 is 0 Å². The standard InChI is InChI=1S/C27H29N3O2/c1-2-8-23(29-18-9-4-3-5-10-18)26-19-11-6-7-12-24(19)32-25(26)16-21-20-15-17(28)13-14-22(20)30-27(21)31/h3-5,9-10,13-16,23,29H,2,6-8,11-12,28H2,1H3,(H,30,31). The van der Waals surface area contributed by atoms with Gasteiger partial charge in [0.1, 0.15) is 11.5 Å². The van der Waals surface area contributed by atoms with E-state index in [0.717, 1.165) is 60.6 Å². The van der Waals surface area contributed by atoms with E-state index in [2.05, 4.69) is 29.7 Å². The van der Waals surface area contributed by atoms with E-state index < -0.39 is 0 Å². The van der Waals surface area contributed by atoms with Crippen LogP contribution in [0.4, 0.5) is 17.1 Å². The summed E-state index contributed by atoms with van der Waals surface area (Å²) in [6.45, 7) is 2.20. The third kappa shape index (κ3) is 3.79. The van der Waals surface area contributed by atoms with Gasteiger partial charge in [-0.2, -0.15) is 0 Å². The van der Waals surface area contributed by atoms with Crippen LogP contribution in [-0.4, -0.2) is 5.91 Å². The Kier molecular flexibility index (Phi) is 5.48. The average molecular weight is 428 g/mol. The predicted octanol–water partition coefficient (Wildman–Crippen LogP) is 6.19. The third-order valence-electron chi connectivity index (χ3n) is 6.38. The Bertz CT molecular complexity index is 1180. The Hall–Kier alpha value is -3.47. The number of hydrogen-bond donors (Lipinski definition) is 3. The molecule has 1 amide bonds. The molecule has 3 aromatic rings. The maximum Gasteiger partial charge on any atom is 0.256 e. The number of anilines is 3. The fourth-order valence-electron chi connectivity index (χ4n) is 4.89. The number of rotatable bonds is 6. The molecule has 5 heteroatoms. The molecule has 5 nitrogen and oxygen atoms in total. The molecule has 0 spiro atoms. The van der Waals surface area contributed by atoms with Crippen LogP contribution in [0.2, 0.25) is 0 Å². The van der Waals surface area contributed by atoms with Crippen LogP contribution in [0.15, 0.2) is 52.9 Å². The lowest BCUT2D eigenvalue weighted by Gasteiger charge is -2.22. The number of amides is 1. The van der Waals surface area contributed by atoms with Crippen molar-refractivity contribution in [3.05, 3.63) is 76.7 Å². The molecule has 0 bridgehead atoms. The van der Waals surface area contributed by atoms with E-state index in [1.165, 1.54) is 17.5 Å². The number of fused-ring (bicyclic) bond motifs is 2. The van der Waals surface area contributed by atoms with Gasteiger partial charge in [-0.15, -0.1) is 0 Å². The smallest absolute Gasteiger partial charge is 0.256 e. The van der Waals surface area contributed by atoms with E-state index in [1.54, 1.807) is 6.07 Å².